The maximum Gasteiger partial charge on any atom is 0.307 e. The van der Waals surface area contributed by atoms with Gasteiger partial charge >= 0.3 is 5.97 Å². The molecule has 0 fully saturated rings. The van der Waals surface area contributed by atoms with Crippen LogP contribution >= 0.6 is 23.2 Å². The zero-order valence-electron chi connectivity index (χ0n) is 12.5. The molecule has 0 saturated heterocycles. The lowest BCUT2D eigenvalue weighted by molar-refractivity contribution is -0.144. The summed E-state index contributed by atoms with van der Waals surface area (Å²) in [5.41, 5.74) is 0.800. The Hall–Kier alpha value is -1.60. The molecule has 2 aromatic carbocycles. The van der Waals surface area contributed by atoms with Crippen molar-refractivity contribution in [2.45, 2.75) is 17.9 Å². The number of carbonyl (C=O) groups is 1. The predicted octanol–water partition coefficient (Wildman–Crippen LogP) is 3.41. The van der Waals surface area contributed by atoms with E-state index in [9.17, 15) is 13.2 Å². The molecule has 8 heteroatoms. The number of sulfonamides is 1. The Morgan fingerprint density at radius 2 is 1.50 bits per heavy atom. The van der Waals surface area contributed by atoms with Crippen LogP contribution in [0.4, 0.5) is 0 Å². The van der Waals surface area contributed by atoms with Crippen LogP contribution in [0.15, 0.2) is 53.4 Å². The number of ether oxygens (including phenoxy) is 1. The Bertz CT molecular complexity index is 790. The summed E-state index contributed by atoms with van der Waals surface area (Å²) in [5, 5.41) is 1.04. The van der Waals surface area contributed by atoms with E-state index >= 15 is 0 Å². The number of rotatable bonds is 7. The summed E-state index contributed by atoms with van der Waals surface area (Å²) in [6.07, 6.45) is -0.0690. The molecule has 0 aliphatic carbocycles. The van der Waals surface area contributed by atoms with Crippen LogP contribution in [0.25, 0.3) is 0 Å². The topological polar surface area (TPSA) is 72.5 Å². The fraction of sp³-hybridized carbons (Fsp3) is 0.188. The van der Waals surface area contributed by atoms with Gasteiger partial charge in [0, 0.05) is 16.6 Å². The first-order valence-corrected chi connectivity index (χ1v) is 9.26. The highest BCUT2D eigenvalue weighted by Crippen LogP contribution is 2.14. The summed E-state index contributed by atoms with van der Waals surface area (Å²) in [6.45, 7) is 0.0599. The molecule has 0 amide bonds. The van der Waals surface area contributed by atoms with Crippen molar-refractivity contribution in [3.63, 3.8) is 0 Å². The number of carbonyl (C=O) groups excluding carboxylic acids is 1. The van der Waals surface area contributed by atoms with Crippen molar-refractivity contribution in [1.29, 1.82) is 0 Å². The van der Waals surface area contributed by atoms with Crippen molar-refractivity contribution in [3.8, 4) is 0 Å². The molecule has 0 saturated carbocycles. The fourth-order valence-corrected chi connectivity index (χ4v) is 3.08. The van der Waals surface area contributed by atoms with Crippen molar-refractivity contribution >= 4 is 39.2 Å². The van der Waals surface area contributed by atoms with E-state index in [2.05, 4.69) is 4.72 Å². The van der Waals surface area contributed by atoms with E-state index in [1.54, 1.807) is 24.3 Å². The third kappa shape index (κ3) is 5.79. The van der Waals surface area contributed by atoms with Gasteiger partial charge in [-0.05, 0) is 42.0 Å². The van der Waals surface area contributed by atoms with Crippen molar-refractivity contribution in [1.82, 2.24) is 4.72 Å². The summed E-state index contributed by atoms with van der Waals surface area (Å²) in [4.78, 5) is 11.7. The first-order chi connectivity index (χ1) is 11.4. The predicted molar refractivity (Wildman–Crippen MR) is 92.5 cm³/mol. The Labute approximate surface area is 150 Å². The van der Waals surface area contributed by atoms with Crippen molar-refractivity contribution < 1.29 is 17.9 Å². The maximum atomic E-state index is 12.0. The monoisotopic (exact) mass is 387 g/mol. The van der Waals surface area contributed by atoms with E-state index in [-0.39, 0.29) is 24.5 Å². The molecule has 0 spiro atoms. The molecule has 24 heavy (non-hydrogen) atoms. The largest absolute Gasteiger partial charge is 0.461 e. The van der Waals surface area contributed by atoms with Crippen molar-refractivity contribution in [2.75, 3.05) is 6.54 Å². The molecule has 0 aliphatic heterocycles. The average molecular weight is 388 g/mol. The van der Waals surface area contributed by atoms with Gasteiger partial charge in [0.05, 0.1) is 11.3 Å². The highest BCUT2D eigenvalue weighted by molar-refractivity contribution is 7.89. The average Bonchev–Trinajstić information content (AvgIpc) is 2.54. The highest BCUT2D eigenvalue weighted by atomic mass is 35.5. The van der Waals surface area contributed by atoms with Gasteiger partial charge in [0.15, 0.2) is 0 Å². The zero-order chi connectivity index (χ0) is 17.6. The summed E-state index contributed by atoms with van der Waals surface area (Å²) >= 11 is 11.5. The van der Waals surface area contributed by atoms with Gasteiger partial charge in [-0.25, -0.2) is 13.1 Å². The number of hydrogen-bond acceptors (Lipinski definition) is 4. The van der Waals surface area contributed by atoms with E-state index in [0.717, 1.165) is 5.56 Å². The summed E-state index contributed by atoms with van der Waals surface area (Å²) in [5.74, 6) is -0.497. The molecule has 1 N–H and O–H groups in total. The van der Waals surface area contributed by atoms with Crippen LogP contribution in [0.5, 0.6) is 0 Å². The molecule has 0 unspecified atom stereocenters. The molecular weight excluding hydrogens is 373 g/mol. The number of benzene rings is 2. The van der Waals surface area contributed by atoms with E-state index in [1.807, 2.05) is 0 Å². The van der Waals surface area contributed by atoms with Crippen LogP contribution < -0.4 is 4.72 Å². The Morgan fingerprint density at radius 3 is 2.08 bits per heavy atom. The Balaban J connectivity index is 1.77. The minimum Gasteiger partial charge on any atom is -0.461 e. The molecule has 0 aromatic heterocycles. The molecule has 2 rings (SSSR count). The first kappa shape index (κ1) is 18.7. The van der Waals surface area contributed by atoms with Crippen LogP contribution in [0.3, 0.4) is 0 Å². The normalized spacial score (nSPS) is 11.2. The number of hydrogen-bond donors (Lipinski definition) is 1. The van der Waals surface area contributed by atoms with E-state index in [1.165, 1.54) is 24.3 Å². The molecule has 2 aromatic rings. The van der Waals surface area contributed by atoms with Crippen molar-refractivity contribution in [3.05, 3.63) is 64.1 Å². The number of halogens is 2. The lowest BCUT2D eigenvalue weighted by Crippen LogP contribution is -2.26. The molecule has 0 bridgehead atoms. The second-order valence-electron chi connectivity index (χ2n) is 4.89. The molecular formula is C16H15Cl2NO4S. The van der Waals surface area contributed by atoms with Gasteiger partial charge in [0.2, 0.25) is 10.0 Å². The van der Waals surface area contributed by atoms with Gasteiger partial charge < -0.3 is 4.74 Å². The van der Waals surface area contributed by atoms with Crippen LogP contribution in [-0.2, 0) is 26.2 Å². The number of nitrogens with one attached hydrogen (secondary N) is 1. The molecule has 128 valence electrons. The van der Waals surface area contributed by atoms with Crippen LogP contribution in [0.1, 0.15) is 12.0 Å². The van der Waals surface area contributed by atoms with Gasteiger partial charge in [-0.3, -0.25) is 4.79 Å². The van der Waals surface area contributed by atoms with Crippen LogP contribution in [0.2, 0.25) is 10.0 Å². The Morgan fingerprint density at radius 1 is 0.958 bits per heavy atom. The summed E-state index contributed by atoms with van der Waals surface area (Å²) in [7, 11) is -3.68. The molecule has 0 radical (unpaired) electrons. The molecule has 0 aliphatic rings. The second-order valence-corrected chi connectivity index (χ2v) is 7.53. The maximum absolute atomic E-state index is 12.0. The quantitative estimate of drug-likeness (QED) is 0.738. The second kappa shape index (κ2) is 8.48. The first-order valence-electron chi connectivity index (χ1n) is 7.02. The van der Waals surface area contributed by atoms with E-state index in [0.29, 0.717) is 10.0 Å². The minimum absolute atomic E-state index is 0.0512. The highest BCUT2D eigenvalue weighted by Gasteiger charge is 2.14. The van der Waals surface area contributed by atoms with E-state index in [4.69, 9.17) is 27.9 Å². The molecule has 0 heterocycles. The zero-order valence-corrected chi connectivity index (χ0v) is 14.9. The van der Waals surface area contributed by atoms with Gasteiger partial charge in [0.1, 0.15) is 6.61 Å². The third-order valence-electron chi connectivity index (χ3n) is 3.06. The minimum atomic E-state index is -3.68. The van der Waals surface area contributed by atoms with E-state index < -0.39 is 16.0 Å². The number of esters is 1. The SMILES string of the molecule is O=C(CCNS(=O)(=O)c1ccc(Cl)cc1)OCc1ccc(Cl)cc1. The summed E-state index contributed by atoms with van der Waals surface area (Å²) < 4.78 is 31.4. The van der Waals surface area contributed by atoms with Gasteiger partial charge in [-0.1, -0.05) is 35.3 Å². The lowest BCUT2D eigenvalue weighted by atomic mass is 10.2. The van der Waals surface area contributed by atoms with Gasteiger partial charge in [-0.2, -0.15) is 0 Å². The van der Waals surface area contributed by atoms with Gasteiger partial charge in [-0.15, -0.1) is 0 Å². The van der Waals surface area contributed by atoms with Gasteiger partial charge in [0.25, 0.3) is 0 Å². The fourth-order valence-electron chi connectivity index (χ4n) is 1.80. The van der Waals surface area contributed by atoms with Crippen LogP contribution in [0, 0.1) is 0 Å². The standard InChI is InChI=1S/C16H15Cl2NO4S/c17-13-3-1-12(2-4-13)11-23-16(20)9-10-19-24(21,22)15-7-5-14(18)6-8-15/h1-8,19H,9-11H2. The lowest BCUT2D eigenvalue weighted by Gasteiger charge is -2.07. The third-order valence-corrected chi connectivity index (χ3v) is 5.04. The van der Waals surface area contributed by atoms with Crippen LogP contribution in [-0.4, -0.2) is 20.9 Å². The summed E-state index contributed by atoms with van der Waals surface area (Å²) in [6, 6.07) is 12.6. The Kier molecular flexibility index (Phi) is 6.62. The molecule has 0 atom stereocenters. The molecule has 5 nitrogen and oxygen atoms in total. The smallest absolute Gasteiger partial charge is 0.307 e. The van der Waals surface area contributed by atoms with Crippen molar-refractivity contribution in [2.24, 2.45) is 0 Å².